The zero-order valence-electron chi connectivity index (χ0n) is 17.3. The predicted molar refractivity (Wildman–Crippen MR) is 119 cm³/mol. The second kappa shape index (κ2) is 8.47. The lowest BCUT2D eigenvalue weighted by atomic mass is 9.94. The van der Waals surface area contributed by atoms with Crippen molar-refractivity contribution in [3.63, 3.8) is 0 Å². The molecule has 158 valence electrons. The van der Waals surface area contributed by atoms with Crippen molar-refractivity contribution in [2.24, 2.45) is 13.0 Å². The molecule has 0 saturated carbocycles. The van der Waals surface area contributed by atoms with E-state index < -0.39 is 0 Å². The molecule has 1 saturated heterocycles. The van der Waals surface area contributed by atoms with Crippen LogP contribution >= 0.6 is 11.3 Å². The van der Waals surface area contributed by atoms with Crippen molar-refractivity contribution in [1.29, 1.82) is 0 Å². The van der Waals surface area contributed by atoms with Gasteiger partial charge in [0.25, 0.3) is 5.91 Å². The Labute approximate surface area is 184 Å². The van der Waals surface area contributed by atoms with E-state index in [-0.39, 0.29) is 5.91 Å². The van der Waals surface area contributed by atoms with Gasteiger partial charge in [-0.05, 0) is 36.3 Å². The van der Waals surface area contributed by atoms with Gasteiger partial charge in [0.05, 0.1) is 5.69 Å². The molecule has 0 bridgehead atoms. The number of piperidine rings is 1. The van der Waals surface area contributed by atoms with Crippen molar-refractivity contribution >= 4 is 17.2 Å². The molecule has 1 aliphatic heterocycles. The number of aromatic nitrogens is 4. The van der Waals surface area contributed by atoms with Crippen molar-refractivity contribution in [2.45, 2.75) is 19.3 Å². The van der Waals surface area contributed by atoms with Crippen molar-refractivity contribution in [3.05, 3.63) is 64.8 Å². The summed E-state index contributed by atoms with van der Waals surface area (Å²) in [6.07, 6.45) is 2.69. The number of aryl methyl sites for hydroxylation is 1. The maximum Gasteiger partial charge on any atom is 0.272 e. The van der Waals surface area contributed by atoms with Crippen LogP contribution in [0.25, 0.3) is 22.6 Å². The molecule has 0 unspecified atom stereocenters. The third kappa shape index (κ3) is 4.16. The first-order chi connectivity index (χ1) is 15.2. The Kier molecular flexibility index (Phi) is 5.38. The molecule has 4 aromatic rings. The van der Waals surface area contributed by atoms with Crippen LogP contribution in [-0.2, 0) is 13.5 Å². The zero-order valence-corrected chi connectivity index (χ0v) is 18.1. The smallest absolute Gasteiger partial charge is 0.272 e. The Morgan fingerprint density at radius 1 is 1.23 bits per heavy atom. The summed E-state index contributed by atoms with van der Waals surface area (Å²) in [4.78, 5) is 19.7. The fourth-order valence-electron chi connectivity index (χ4n) is 4.09. The number of carbonyl (C=O) groups excluding carboxylic acids is 1. The summed E-state index contributed by atoms with van der Waals surface area (Å²) in [5.74, 6) is 1.58. The Morgan fingerprint density at radius 3 is 2.90 bits per heavy atom. The number of rotatable bonds is 5. The lowest BCUT2D eigenvalue weighted by Gasteiger charge is -2.32. The first-order valence-electron chi connectivity index (χ1n) is 10.4. The molecule has 0 N–H and O–H groups in total. The van der Waals surface area contributed by atoms with E-state index in [0.717, 1.165) is 36.2 Å². The fraction of sp³-hybridized carbons (Fsp3) is 0.304. The second-order valence-corrected chi connectivity index (χ2v) is 8.67. The second-order valence-electron chi connectivity index (χ2n) is 7.89. The number of thiophene rings is 1. The molecular weight excluding hydrogens is 410 g/mol. The quantitative estimate of drug-likeness (QED) is 0.469. The maximum absolute atomic E-state index is 13.2. The van der Waals surface area contributed by atoms with Gasteiger partial charge >= 0.3 is 0 Å². The molecule has 1 aromatic carbocycles. The van der Waals surface area contributed by atoms with Gasteiger partial charge in [-0.15, -0.1) is 0 Å². The molecule has 7 nitrogen and oxygen atoms in total. The number of hydrogen-bond donors (Lipinski definition) is 0. The van der Waals surface area contributed by atoms with Gasteiger partial charge in [-0.3, -0.25) is 9.48 Å². The molecule has 31 heavy (non-hydrogen) atoms. The van der Waals surface area contributed by atoms with Crippen LogP contribution in [0.3, 0.4) is 0 Å². The monoisotopic (exact) mass is 433 g/mol. The summed E-state index contributed by atoms with van der Waals surface area (Å²) < 4.78 is 7.15. The van der Waals surface area contributed by atoms with Gasteiger partial charge in [-0.1, -0.05) is 35.5 Å². The molecule has 5 rings (SSSR count). The molecule has 1 atom stereocenters. The highest BCUT2D eigenvalue weighted by molar-refractivity contribution is 7.08. The Bertz CT molecular complexity index is 1170. The van der Waals surface area contributed by atoms with Gasteiger partial charge in [0, 0.05) is 43.1 Å². The molecule has 3 aromatic heterocycles. The summed E-state index contributed by atoms with van der Waals surface area (Å²) in [7, 11) is 1.82. The van der Waals surface area contributed by atoms with Crippen LogP contribution in [0, 0.1) is 5.92 Å². The van der Waals surface area contributed by atoms with Crippen molar-refractivity contribution < 1.29 is 9.32 Å². The predicted octanol–water partition coefficient (Wildman–Crippen LogP) is 4.29. The largest absolute Gasteiger partial charge is 0.339 e. The summed E-state index contributed by atoms with van der Waals surface area (Å²) >= 11 is 1.61. The van der Waals surface area contributed by atoms with Gasteiger partial charge in [0.1, 0.15) is 5.69 Å². The van der Waals surface area contributed by atoms with Crippen molar-refractivity contribution in [2.75, 3.05) is 13.1 Å². The summed E-state index contributed by atoms with van der Waals surface area (Å²) in [5.41, 5.74) is 3.40. The minimum atomic E-state index is 0.0198. The first kappa shape index (κ1) is 19.7. The standard InChI is InChI=1S/C23H23N5O2S/c1-27-20(13-19(25-27)17-7-3-2-4-8-17)23(29)28-10-5-6-16(14-28)12-21-24-22(26-30-21)18-9-11-31-15-18/h2-4,7-9,11,13,15-16H,5-6,10,12,14H2,1H3/t16-/m1/s1. The van der Waals surface area contributed by atoms with Crippen LogP contribution in [0.4, 0.5) is 0 Å². The third-order valence-corrected chi connectivity index (χ3v) is 6.37. The van der Waals surface area contributed by atoms with E-state index in [1.54, 1.807) is 16.0 Å². The first-order valence-corrected chi connectivity index (χ1v) is 11.4. The maximum atomic E-state index is 13.2. The van der Waals surface area contributed by atoms with Crippen LogP contribution in [0.15, 0.2) is 57.7 Å². The average Bonchev–Trinajstić information content (AvgIpc) is 3.55. The molecular formula is C23H23N5O2S. The van der Waals surface area contributed by atoms with Crippen molar-refractivity contribution in [3.8, 4) is 22.6 Å². The summed E-state index contributed by atoms with van der Waals surface area (Å²) in [5, 5.41) is 12.6. The molecule has 0 aliphatic carbocycles. The van der Waals surface area contributed by atoms with E-state index in [1.165, 1.54) is 0 Å². The topological polar surface area (TPSA) is 77.1 Å². The third-order valence-electron chi connectivity index (χ3n) is 5.69. The van der Waals surface area contributed by atoms with Crippen LogP contribution in [0.2, 0.25) is 0 Å². The number of carbonyl (C=O) groups is 1. The van der Waals surface area contributed by atoms with Crippen LogP contribution in [-0.4, -0.2) is 43.8 Å². The van der Waals surface area contributed by atoms with Gasteiger partial charge < -0.3 is 9.42 Å². The number of nitrogens with zero attached hydrogens (tertiary/aromatic N) is 5. The highest BCUT2D eigenvalue weighted by Gasteiger charge is 2.28. The Morgan fingerprint density at radius 2 is 2.10 bits per heavy atom. The fourth-order valence-corrected chi connectivity index (χ4v) is 4.72. The van der Waals surface area contributed by atoms with Gasteiger partial charge in [-0.25, -0.2) is 0 Å². The number of hydrogen-bond acceptors (Lipinski definition) is 6. The highest BCUT2D eigenvalue weighted by Crippen LogP contribution is 2.25. The van der Waals surface area contributed by atoms with Gasteiger partial charge in [0.2, 0.25) is 11.7 Å². The molecule has 1 amide bonds. The summed E-state index contributed by atoms with van der Waals surface area (Å²) in [6, 6.07) is 13.8. The molecule has 1 aliphatic rings. The highest BCUT2D eigenvalue weighted by atomic mass is 32.1. The lowest BCUT2D eigenvalue weighted by molar-refractivity contribution is 0.0657. The van der Waals surface area contributed by atoms with E-state index in [9.17, 15) is 4.79 Å². The zero-order chi connectivity index (χ0) is 21.2. The van der Waals surface area contributed by atoms with E-state index >= 15 is 0 Å². The SMILES string of the molecule is Cn1nc(-c2ccccc2)cc1C(=O)N1CCC[C@H](Cc2nc(-c3ccsc3)no2)C1. The number of amides is 1. The summed E-state index contributed by atoms with van der Waals surface area (Å²) in [6.45, 7) is 1.44. The number of likely N-dealkylation sites (tertiary alicyclic amines) is 1. The van der Waals surface area contributed by atoms with E-state index in [0.29, 0.717) is 36.3 Å². The van der Waals surface area contributed by atoms with Crippen LogP contribution < -0.4 is 0 Å². The van der Waals surface area contributed by atoms with Gasteiger partial charge in [-0.2, -0.15) is 21.4 Å². The van der Waals surface area contributed by atoms with Crippen molar-refractivity contribution in [1.82, 2.24) is 24.8 Å². The van der Waals surface area contributed by atoms with E-state index in [1.807, 2.05) is 65.2 Å². The van der Waals surface area contributed by atoms with Crippen LogP contribution in [0.1, 0.15) is 29.2 Å². The lowest BCUT2D eigenvalue weighted by Crippen LogP contribution is -2.41. The number of benzene rings is 1. The normalized spacial score (nSPS) is 16.5. The molecule has 0 spiro atoms. The molecule has 8 heteroatoms. The van der Waals surface area contributed by atoms with E-state index in [2.05, 4.69) is 15.2 Å². The molecule has 0 radical (unpaired) electrons. The Balaban J connectivity index is 1.27. The molecule has 1 fully saturated rings. The van der Waals surface area contributed by atoms with Crippen LogP contribution in [0.5, 0.6) is 0 Å². The minimum absolute atomic E-state index is 0.0198. The Hall–Kier alpha value is -3.26. The van der Waals surface area contributed by atoms with Gasteiger partial charge in [0.15, 0.2) is 0 Å². The van der Waals surface area contributed by atoms with E-state index in [4.69, 9.17) is 4.52 Å². The minimum Gasteiger partial charge on any atom is -0.339 e. The average molecular weight is 434 g/mol. The molecule has 4 heterocycles.